The highest BCUT2D eigenvalue weighted by Gasteiger charge is 2.26. The molecule has 0 aromatic carbocycles. The molecule has 13 heavy (non-hydrogen) atoms. The molecule has 1 aromatic heterocycles. The molecule has 1 rings (SSSR count). The van der Waals surface area contributed by atoms with Crippen molar-refractivity contribution < 1.29 is 14.8 Å². The van der Waals surface area contributed by atoms with Gasteiger partial charge >= 0.3 is 17.5 Å². The van der Waals surface area contributed by atoms with Gasteiger partial charge in [-0.3, -0.25) is 4.98 Å². The maximum Gasteiger partial charge on any atom is 0.413 e. The second-order valence-electron chi connectivity index (χ2n) is 2.25. The van der Waals surface area contributed by atoms with E-state index >= 15 is 0 Å². The predicted octanol–water partition coefficient (Wildman–Crippen LogP) is -0.680. The monoisotopic (exact) mass is 187 g/mol. The van der Waals surface area contributed by atoms with Crippen molar-refractivity contribution in [1.82, 2.24) is 9.55 Å². The Balaban J connectivity index is 3.53. The van der Waals surface area contributed by atoms with Gasteiger partial charge in [0.1, 0.15) is 0 Å². The second kappa shape index (κ2) is 2.73. The Hall–Kier alpha value is -2.12. The van der Waals surface area contributed by atoms with E-state index in [2.05, 4.69) is 0 Å². The molecule has 8 nitrogen and oxygen atoms in total. The molecule has 0 spiro atoms. The van der Waals surface area contributed by atoms with Gasteiger partial charge in [0.25, 0.3) is 0 Å². The fourth-order valence-electron chi connectivity index (χ4n) is 0.873. The molecule has 70 valence electrons. The molecule has 0 unspecified atom stereocenters. The van der Waals surface area contributed by atoms with Crippen LogP contribution in [0.3, 0.4) is 0 Å². The zero-order chi connectivity index (χ0) is 10.2. The average molecular weight is 187 g/mol. The summed E-state index contributed by atoms with van der Waals surface area (Å²) in [5.74, 6) is -2.29. The fourth-order valence-corrected chi connectivity index (χ4v) is 0.873. The molecule has 0 aliphatic heterocycles. The van der Waals surface area contributed by atoms with Crippen molar-refractivity contribution in [2.45, 2.75) is 0 Å². The molecule has 1 aromatic rings. The van der Waals surface area contributed by atoms with Gasteiger partial charge in [0.05, 0.1) is 7.05 Å². The smallest absolute Gasteiger partial charge is 0.413 e. The molecule has 0 aliphatic carbocycles. The van der Waals surface area contributed by atoms with Gasteiger partial charge in [-0.2, -0.15) is 4.57 Å². The third kappa shape index (κ3) is 1.28. The van der Waals surface area contributed by atoms with Crippen LogP contribution in [0.5, 0.6) is 0 Å². The first-order valence-electron chi connectivity index (χ1n) is 3.12. The van der Waals surface area contributed by atoms with E-state index in [9.17, 15) is 19.7 Å². The number of nitrogens with zero attached hydrogens (tertiary/aromatic N) is 2. The fraction of sp³-hybridized carbons (Fsp3) is 0.200. The number of aromatic nitrogens is 2. The summed E-state index contributed by atoms with van der Waals surface area (Å²) in [6.45, 7) is 0. The lowest BCUT2D eigenvalue weighted by Crippen LogP contribution is -2.13. The van der Waals surface area contributed by atoms with Gasteiger partial charge in [0.2, 0.25) is 5.69 Å². The minimum atomic E-state index is -1.54. The molecule has 0 saturated heterocycles. The molecule has 0 radical (unpaired) electrons. The summed E-state index contributed by atoms with van der Waals surface area (Å²) in [5, 5.41) is 18.8. The van der Waals surface area contributed by atoms with Crippen LogP contribution in [0.2, 0.25) is 0 Å². The highest BCUT2D eigenvalue weighted by atomic mass is 16.6. The molecule has 0 saturated carbocycles. The van der Waals surface area contributed by atoms with Gasteiger partial charge < -0.3 is 15.2 Å². The normalized spacial score (nSPS) is 9.92. The summed E-state index contributed by atoms with van der Waals surface area (Å²) >= 11 is 0. The minimum Gasteiger partial charge on any atom is -0.476 e. The Bertz CT molecular complexity index is 428. The number of aromatic carboxylic acids is 1. The zero-order valence-electron chi connectivity index (χ0n) is 6.47. The average Bonchev–Trinajstić information content (AvgIpc) is 2.28. The summed E-state index contributed by atoms with van der Waals surface area (Å²) in [7, 11) is 1.11. The highest BCUT2D eigenvalue weighted by Crippen LogP contribution is 2.12. The Morgan fingerprint density at radius 1 is 1.69 bits per heavy atom. The summed E-state index contributed by atoms with van der Waals surface area (Å²) in [4.78, 5) is 32.5. The topological polar surface area (TPSA) is 118 Å². The first kappa shape index (κ1) is 8.97. The van der Waals surface area contributed by atoms with Crippen LogP contribution in [0.1, 0.15) is 10.5 Å². The molecular weight excluding hydrogens is 182 g/mol. The van der Waals surface area contributed by atoms with Gasteiger partial charge in [-0.1, -0.05) is 0 Å². The van der Waals surface area contributed by atoms with Crippen LogP contribution in [0, 0.1) is 10.1 Å². The number of H-pyrrole nitrogens is 1. The number of aromatic amines is 1. The van der Waals surface area contributed by atoms with E-state index in [-0.39, 0.29) is 0 Å². The number of carbonyl (C=O) groups is 1. The molecule has 0 atom stereocenters. The van der Waals surface area contributed by atoms with Crippen LogP contribution in [-0.4, -0.2) is 25.6 Å². The zero-order valence-corrected chi connectivity index (χ0v) is 6.47. The lowest BCUT2D eigenvalue weighted by Gasteiger charge is -1.93. The van der Waals surface area contributed by atoms with Gasteiger partial charge in [0.15, 0.2) is 0 Å². The third-order valence-electron chi connectivity index (χ3n) is 1.46. The Labute approximate surface area is 70.6 Å². The van der Waals surface area contributed by atoms with Crippen molar-refractivity contribution in [3.05, 3.63) is 26.3 Å². The van der Waals surface area contributed by atoms with Crippen molar-refractivity contribution in [1.29, 1.82) is 0 Å². The second-order valence-corrected chi connectivity index (χ2v) is 2.25. The van der Waals surface area contributed by atoms with Gasteiger partial charge in [-0.25, -0.2) is 9.59 Å². The van der Waals surface area contributed by atoms with E-state index in [0.29, 0.717) is 4.57 Å². The lowest BCUT2D eigenvalue weighted by atomic mass is 10.4. The standard InChI is InChI=1S/C5H5N3O5/c1-7-3(8(12)13)2(4(9)10)6-5(7)11/h1H3,(H,6,11)(H,9,10). The summed E-state index contributed by atoms with van der Waals surface area (Å²) in [6, 6.07) is 0. The van der Waals surface area contributed by atoms with Crippen LogP contribution in [0.25, 0.3) is 0 Å². The van der Waals surface area contributed by atoms with E-state index in [1.807, 2.05) is 4.98 Å². The van der Waals surface area contributed by atoms with Gasteiger partial charge in [-0.15, -0.1) is 0 Å². The predicted molar refractivity (Wildman–Crippen MR) is 39.6 cm³/mol. The molecule has 0 fully saturated rings. The highest BCUT2D eigenvalue weighted by molar-refractivity contribution is 5.89. The SMILES string of the molecule is Cn1c([N+](=O)[O-])c(C(=O)O)[nH]c1=O. The summed E-state index contributed by atoms with van der Waals surface area (Å²) in [5.41, 5.74) is -1.54. The van der Waals surface area contributed by atoms with Crippen molar-refractivity contribution in [3.63, 3.8) is 0 Å². The van der Waals surface area contributed by atoms with Crippen molar-refractivity contribution in [3.8, 4) is 0 Å². The van der Waals surface area contributed by atoms with E-state index in [4.69, 9.17) is 5.11 Å². The number of carboxylic acids is 1. The van der Waals surface area contributed by atoms with Gasteiger partial charge in [0, 0.05) is 0 Å². The van der Waals surface area contributed by atoms with Gasteiger partial charge in [-0.05, 0) is 4.92 Å². The molecule has 2 N–H and O–H groups in total. The van der Waals surface area contributed by atoms with Crippen LogP contribution in [-0.2, 0) is 7.05 Å². The number of nitro groups is 1. The Kier molecular flexibility index (Phi) is 1.89. The Morgan fingerprint density at radius 2 is 2.23 bits per heavy atom. The molecule has 0 aliphatic rings. The van der Waals surface area contributed by atoms with Crippen LogP contribution < -0.4 is 5.69 Å². The Morgan fingerprint density at radius 3 is 2.54 bits per heavy atom. The molecular formula is C5H5N3O5. The number of imidazole rings is 1. The molecule has 0 amide bonds. The maximum absolute atomic E-state index is 10.8. The molecule has 1 heterocycles. The van der Waals surface area contributed by atoms with Crippen molar-refractivity contribution >= 4 is 11.8 Å². The number of hydrogen-bond donors (Lipinski definition) is 2. The van der Waals surface area contributed by atoms with Crippen LogP contribution in [0.4, 0.5) is 5.82 Å². The van der Waals surface area contributed by atoms with Crippen molar-refractivity contribution in [2.75, 3.05) is 0 Å². The van der Waals surface area contributed by atoms with Crippen molar-refractivity contribution in [2.24, 2.45) is 7.05 Å². The van der Waals surface area contributed by atoms with E-state index in [1.54, 1.807) is 0 Å². The molecule has 8 heteroatoms. The number of carboxylic acid groups (broad SMARTS) is 1. The lowest BCUT2D eigenvalue weighted by molar-refractivity contribution is -0.392. The number of rotatable bonds is 2. The van der Waals surface area contributed by atoms with Crippen LogP contribution >= 0.6 is 0 Å². The van der Waals surface area contributed by atoms with E-state index in [0.717, 1.165) is 7.05 Å². The first-order chi connectivity index (χ1) is 5.95. The molecule has 0 bridgehead atoms. The van der Waals surface area contributed by atoms with Crippen LogP contribution in [0.15, 0.2) is 4.79 Å². The minimum absolute atomic E-state index is 0.628. The summed E-state index contributed by atoms with van der Waals surface area (Å²) in [6.07, 6.45) is 0. The first-order valence-corrected chi connectivity index (χ1v) is 3.12. The number of hydrogen-bond acceptors (Lipinski definition) is 4. The quantitative estimate of drug-likeness (QED) is 0.469. The third-order valence-corrected chi connectivity index (χ3v) is 1.46. The summed E-state index contributed by atoms with van der Waals surface area (Å²) < 4.78 is 0.628. The van der Waals surface area contributed by atoms with E-state index in [1.165, 1.54) is 0 Å². The maximum atomic E-state index is 10.8. The number of nitrogens with one attached hydrogen (secondary N) is 1. The largest absolute Gasteiger partial charge is 0.476 e. The van der Waals surface area contributed by atoms with E-state index < -0.39 is 28.1 Å².